The van der Waals surface area contributed by atoms with Gasteiger partial charge in [0.25, 0.3) is 17.7 Å². The Bertz CT molecular complexity index is 1850. The van der Waals surface area contributed by atoms with E-state index >= 15 is 0 Å². The molecule has 3 atom stereocenters. The number of hydrogen-bond donors (Lipinski definition) is 0. The molecule has 0 unspecified atom stereocenters. The molecule has 7 rings (SSSR count). The van der Waals surface area contributed by atoms with E-state index in [2.05, 4.69) is 10.3 Å². The van der Waals surface area contributed by atoms with Crippen molar-refractivity contribution in [2.24, 2.45) is 15.4 Å². The number of hydrogen-bond acceptors (Lipinski definition) is 9. The van der Waals surface area contributed by atoms with Gasteiger partial charge in [0, 0.05) is 12.0 Å². The molecule has 11 heteroatoms. The maximum Gasteiger partial charge on any atom is 0.264 e. The minimum absolute atomic E-state index is 0.289. The molecular formula is C33H28N6O5. The minimum Gasteiger partial charge on any atom is -0.497 e. The van der Waals surface area contributed by atoms with E-state index in [9.17, 15) is 14.4 Å². The number of para-hydroxylation sites is 2. The first kappa shape index (κ1) is 27.3. The van der Waals surface area contributed by atoms with Crippen LogP contribution in [0.15, 0.2) is 106 Å². The lowest BCUT2D eigenvalue weighted by atomic mass is 9.95. The Labute approximate surface area is 252 Å². The lowest BCUT2D eigenvalue weighted by molar-refractivity contribution is -0.135. The van der Waals surface area contributed by atoms with Gasteiger partial charge in [-0.15, -0.1) is 0 Å². The topological polar surface area (TPSA) is 116 Å². The number of benzene rings is 4. The molecule has 0 aliphatic carbocycles. The first-order valence-electron chi connectivity index (χ1n) is 14.2. The van der Waals surface area contributed by atoms with Gasteiger partial charge in [0.1, 0.15) is 18.0 Å². The Balaban J connectivity index is 1.19. The normalized spacial score (nSPS) is 20.8. The van der Waals surface area contributed by atoms with E-state index in [4.69, 9.17) is 14.6 Å². The van der Waals surface area contributed by atoms with Gasteiger partial charge in [-0.05, 0) is 40.6 Å². The molecule has 4 aromatic carbocycles. The molecule has 0 N–H and O–H groups in total. The van der Waals surface area contributed by atoms with Crippen molar-refractivity contribution in [3.8, 4) is 11.5 Å². The van der Waals surface area contributed by atoms with E-state index in [0.29, 0.717) is 23.6 Å². The largest absolute Gasteiger partial charge is 0.497 e. The summed E-state index contributed by atoms with van der Waals surface area (Å²) < 4.78 is 10.7. The summed E-state index contributed by atoms with van der Waals surface area (Å²) in [7, 11) is 3.07. The van der Waals surface area contributed by atoms with Gasteiger partial charge in [-0.3, -0.25) is 19.4 Å². The van der Waals surface area contributed by atoms with Crippen molar-refractivity contribution in [2.75, 3.05) is 25.7 Å². The summed E-state index contributed by atoms with van der Waals surface area (Å²) in [5.74, 6) is -0.334. The summed E-state index contributed by atoms with van der Waals surface area (Å²) in [6.07, 6.45) is 0.485. The van der Waals surface area contributed by atoms with Crippen molar-refractivity contribution in [3.05, 3.63) is 102 Å². The molecule has 0 bridgehead atoms. The lowest BCUT2D eigenvalue weighted by Gasteiger charge is -2.25. The number of carbonyl (C=O) groups is 3. The van der Waals surface area contributed by atoms with E-state index < -0.39 is 29.9 Å². The van der Waals surface area contributed by atoms with Gasteiger partial charge in [0.15, 0.2) is 12.1 Å². The first-order chi connectivity index (χ1) is 21.5. The maximum absolute atomic E-state index is 14.0. The molecular weight excluding hydrogens is 560 g/mol. The molecule has 0 spiro atoms. The number of methoxy groups -OCH3 is 2. The quantitative estimate of drug-likeness (QED) is 0.293. The predicted octanol–water partition coefficient (Wildman–Crippen LogP) is 4.53. The highest BCUT2D eigenvalue weighted by Crippen LogP contribution is 2.38. The van der Waals surface area contributed by atoms with Crippen LogP contribution in [-0.2, 0) is 14.4 Å². The molecule has 44 heavy (non-hydrogen) atoms. The third-order valence-electron chi connectivity index (χ3n) is 8.25. The summed E-state index contributed by atoms with van der Waals surface area (Å²) in [4.78, 5) is 42.0. The van der Waals surface area contributed by atoms with Gasteiger partial charge in [-0.2, -0.15) is 10.2 Å². The average molecular weight is 589 g/mol. The Kier molecular flexibility index (Phi) is 6.77. The Morgan fingerprint density at radius 2 is 1.61 bits per heavy atom. The Hall–Kier alpha value is -5.58. The van der Waals surface area contributed by atoms with E-state index in [1.54, 1.807) is 31.4 Å². The molecule has 11 nitrogen and oxygen atoms in total. The molecule has 0 aromatic heterocycles. The van der Waals surface area contributed by atoms with Gasteiger partial charge in [-0.1, -0.05) is 72.0 Å². The standard InChI is InChI=1S/C33H28N6O5/c1-43-22-16-14-21(15-17-22)27-18-25(24-11-7-9-20-8-3-4-10-23(20)24)35-39(27)29(40)19-37-31-30(34-36-37)32(41)38(33(31)42)26-12-5-6-13-28(26)44-2/h3-17,27,30-31H,18-19H2,1-2H3/t27-,30-,31+/m0/s1. The highest BCUT2D eigenvalue weighted by molar-refractivity contribution is 6.26. The maximum atomic E-state index is 14.0. The number of nitrogens with zero attached hydrogens (tertiary/aromatic N) is 6. The number of carbonyl (C=O) groups excluding carboxylic acids is 3. The van der Waals surface area contributed by atoms with E-state index in [0.717, 1.165) is 32.5 Å². The highest BCUT2D eigenvalue weighted by Gasteiger charge is 2.56. The molecule has 3 aliphatic rings. The summed E-state index contributed by atoms with van der Waals surface area (Å²) in [5, 5.41) is 17.9. The Morgan fingerprint density at radius 1 is 0.864 bits per heavy atom. The Morgan fingerprint density at radius 3 is 2.41 bits per heavy atom. The number of rotatable bonds is 7. The molecule has 0 saturated carbocycles. The van der Waals surface area contributed by atoms with E-state index in [1.807, 2.05) is 66.7 Å². The van der Waals surface area contributed by atoms with Gasteiger partial charge in [-0.25, -0.2) is 9.91 Å². The van der Waals surface area contributed by atoms with Crippen molar-refractivity contribution < 1.29 is 23.9 Å². The van der Waals surface area contributed by atoms with Gasteiger partial charge >= 0.3 is 0 Å². The second-order valence-corrected chi connectivity index (χ2v) is 10.7. The number of anilines is 1. The molecule has 220 valence electrons. The first-order valence-corrected chi connectivity index (χ1v) is 14.2. The predicted molar refractivity (Wildman–Crippen MR) is 162 cm³/mol. The number of amides is 3. The second kappa shape index (κ2) is 10.9. The number of fused-ring (bicyclic) bond motifs is 2. The van der Waals surface area contributed by atoms with E-state index in [-0.39, 0.29) is 12.5 Å². The summed E-state index contributed by atoms with van der Waals surface area (Å²) in [6.45, 7) is -0.289. The fourth-order valence-electron chi connectivity index (χ4n) is 6.08. The molecule has 0 radical (unpaired) electrons. The van der Waals surface area contributed by atoms with Crippen LogP contribution >= 0.6 is 0 Å². The summed E-state index contributed by atoms with van der Waals surface area (Å²) in [5.41, 5.74) is 2.92. The van der Waals surface area contributed by atoms with Crippen molar-refractivity contribution in [1.29, 1.82) is 0 Å². The van der Waals surface area contributed by atoms with Gasteiger partial charge < -0.3 is 9.47 Å². The van der Waals surface area contributed by atoms with Crippen molar-refractivity contribution in [3.63, 3.8) is 0 Å². The number of imide groups is 1. The third kappa shape index (κ3) is 4.44. The zero-order valence-corrected chi connectivity index (χ0v) is 24.0. The van der Waals surface area contributed by atoms with Crippen LogP contribution < -0.4 is 14.4 Å². The highest BCUT2D eigenvalue weighted by atomic mass is 16.5. The smallest absolute Gasteiger partial charge is 0.264 e. The molecule has 3 heterocycles. The molecule has 1 saturated heterocycles. The lowest BCUT2D eigenvalue weighted by Crippen LogP contribution is -2.44. The van der Waals surface area contributed by atoms with Crippen molar-refractivity contribution >= 4 is 39.9 Å². The van der Waals surface area contributed by atoms with Crippen LogP contribution in [0.2, 0.25) is 0 Å². The van der Waals surface area contributed by atoms with Crippen LogP contribution in [0.5, 0.6) is 11.5 Å². The second-order valence-electron chi connectivity index (χ2n) is 10.7. The van der Waals surface area contributed by atoms with Crippen LogP contribution in [0.3, 0.4) is 0 Å². The average Bonchev–Trinajstić information content (AvgIpc) is 3.76. The summed E-state index contributed by atoms with van der Waals surface area (Å²) in [6, 6.07) is 25.9. The van der Waals surface area contributed by atoms with Crippen molar-refractivity contribution in [2.45, 2.75) is 24.5 Å². The number of hydrazone groups is 1. The SMILES string of the molecule is COc1ccc([C@@H]2CC(c3cccc4ccccc34)=NN2C(=O)CN2N=N[C@@H]3C(=O)N(c4ccccc4OC)C(=O)[C@@H]32)cc1. The van der Waals surface area contributed by atoms with Gasteiger partial charge in [0.2, 0.25) is 0 Å². The zero-order valence-electron chi connectivity index (χ0n) is 24.0. The molecule has 3 aliphatic heterocycles. The van der Waals surface area contributed by atoms with E-state index in [1.165, 1.54) is 17.1 Å². The molecule has 1 fully saturated rings. The van der Waals surface area contributed by atoms with Crippen LogP contribution in [0.1, 0.15) is 23.6 Å². The van der Waals surface area contributed by atoms with Crippen LogP contribution in [0.4, 0.5) is 5.69 Å². The molecule has 4 aromatic rings. The monoisotopic (exact) mass is 588 g/mol. The summed E-state index contributed by atoms with van der Waals surface area (Å²) >= 11 is 0. The van der Waals surface area contributed by atoms with Gasteiger partial charge in [0.05, 0.1) is 31.7 Å². The third-order valence-corrected chi connectivity index (χ3v) is 8.25. The number of ether oxygens (including phenoxy) is 2. The van der Waals surface area contributed by atoms with Crippen LogP contribution in [-0.4, -0.2) is 66.3 Å². The minimum atomic E-state index is -1.05. The van der Waals surface area contributed by atoms with Crippen LogP contribution in [0, 0.1) is 0 Å². The molecule has 3 amide bonds. The van der Waals surface area contributed by atoms with Crippen LogP contribution in [0.25, 0.3) is 10.8 Å². The zero-order chi connectivity index (χ0) is 30.4. The fourth-order valence-corrected chi connectivity index (χ4v) is 6.08. The van der Waals surface area contributed by atoms with Crippen molar-refractivity contribution in [1.82, 2.24) is 10.0 Å². The fraction of sp³-hybridized carbons (Fsp3) is 0.212.